The molecule has 1 aromatic heterocycles. The Morgan fingerprint density at radius 3 is 2.43 bits per heavy atom. The second kappa shape index (κ2) is 7.47. The third kappa shape index (κ3) is 3.65. The summed E-state index contributed by atoms with van der Waals surface area (Å²) in [6.45, 7) is 3.02. The van der Waals surface area contributed by atoms with Crippen LogP contribution in [0.5, 0.6) is 0 Å². The minimum absolute atomic E-state index is 0.0129. The highest BCUT2D eigenvalue weighted by molar-refractivity contribution is 5.81. The molecule has 1 unspecified atom stereocenters. The van der Waals surface area contributed by atoms with Crippen molar-refractivity contribution in [1.29, 1.82) is 0 Å². The highest BCUT2D eigenvalue weighted by Gasteiger charge is 2.50. The maximum Gasteiger partial charge on any atom is 0.451 e. The van der Waals surface area contributed by atoms with Gasteiger partial charge in [0, 0.05) is 36.5 Å². The number of hydrogen-bond acceptors (Lipinski definition) is 6. The van der Waals surface area contributed by atoms with Gasteiger partial charge in [-0.25, -0.2) is 0 Å². The van der Waals surface area contributed by atoms with E-state index in [1.54, 1.807) is 4.90 Å². The van der Waals surface area contributed by atoms with E-state index < -0.39 is 17.5 Å². The van der Waals surface area contributed by atoms with Crippen LogP contribution < -0.4 is 0 Å². The highest BCUT2D eigenvalue weighted by Crippen LogP contribution is 2.40. The summed E-state index contributed by atoms with van der Waals surface area (Å²) in [5.74, 6) is -0.796. The maximum absolute atomic E-state index is 13.0. The monoisotopic (exact) mass is 430 g/mol. The standard InChI is InChI=1S/C18H25F3N6O3/c1-12-4-7-26(15(12)28)17(11-27(29)30)5-2-13(3-6-17)24-8-9-25-14(10-24)22-23-16(25)18(19,20)21/h12-13H,2-11H2,1H3. The fourth-order valence-corrected chi connectivity index (χ4v) is 5.25. The van der Waals surface area contributed by atoms with Crippen LogP contribution in [0.4, 0.5) is 13.2 Å². The maximum atomic E-state index is 13.0. The first-order valence-corrected chi connectivity index (χ1v) is 10.3. The average Bonchev–Trinajstić information content (AvgIpc) is 3.25. The molecule has 9 nitrogen and oxygen atoms in total. The Hall–Kier alpha value is -2.24. The van der Waals surface area contributed by atoms with Gasteiger partial charge in [-0.1, -0.05) is 6.92 Å². The number of carbonyl (C=O) groups excluding carboxylic acids is 1. The minimum Gasteiger partial charge on any atom is -0.330 e. The number of carbonyl (C=O) groups is 1. The van der Waals surface area contributed by atoms with Crippen LogP contribution in [0.1, 0.15) is 50.7 Å². The van der Waals surface area contributed by atoms with E-state index in [2.05, 4.69) is 15.1 Å². The van der Waals surface area contributed by atoms with Crippen LogP contribution in [-0.2, 0) is 24.1 Å². The molecule has 1 aromatic rings. The molecule has 3 heterocycles. The van der Waals surface area contributed by atoms with Gasteiger partial charge in [-0.15, -0.1) is 10.2 Å². The van der Waals surface area contributed by atoms with Gasteiger partial charge in [-0.05, 0) is 32.1 Å². The molecule has 0 N–H and O–H groups in total. The number of alkyl halides is 3. The number of amides is 1. The van der Waals surface area contributed by atoms with Crippen LogP contribution in [0.25, 0.3) is 0 Å². The molecule has 1 saturated heterocycles. The van der Waals surface area contributed by atoms with Crippen molar-refractivity contribution in [2.45, 2.75) is 69.9 Å². The Balaban J connectivity index is 1.45. The number of likely N-dealkylation sites (tertiary alicyclic amines) is 1. The van der Waals surface area contributed by atoms with E-state index in [-0.39, 0.29) is 42.4 Å². The molecule has 1 aliphatic carbocycles. The first-order chi connectivity index (χ1) is 14.1. The summed E-state index contributed by atoms with van der Waals surface area (Å²) < 4.78 is 40.2. The first-order valence-electron chi connectivity index (χ1n) is 10.3. The molecule has 2 fully saturated rings. The zero-order valence-corrected chi connectivity index (χ0v) is 16.8. The molecule has 0 aromatic carbocycles. The van der Waals surface area contributed by atoms with E-state index in [9.17, 15) is 28.1 Å². The predicted octanol–water partition coefficient (Wildman–Crippen LogP) is 1.94. The second-order valence-corrected chi connectivity index (χ2v) is 8.69. The van der Waals surface area contributed by atoms with E-state index in [1.807, 2.05) is 6.92 Å². The van der Waals surface area contributed by atoms with Crippen LogP contribution >= 0.6 is 0 Å². The number of aromatic nitrogens is 3. The van der Waals surface area contributed by atoms with Crippen molar-refractivity contribution in [2.75, 3.05) is 19.6 Å². The summed E-state index contributed by atoms with van der Waals surface area (Å²) in [4.78, 5) is 27.4. The normalized spacial score (nSPS) is 30.5. The van der Waals surface area contributed by atoms with Crippen molar-refractivity contribution in [3.05, 3.63) is 21.8 Å². The Morgan fingerprint density at radius 1 is 1.17 bits per heavy atom. The molecule has 1 atom stereocenters. The topological polar surface area (TPSA) is 97.4 Å². The van der Waals surface area contributed by atoms with E-state index in [1.165, 1.54) is 0 Å². The van der Waals surface area contributed by atoms with Crippen LogP contribution in [0.2, 0.25) is 0 Å². The molecule has 1 saturated carbocycles. The second-order valence-electron chi connectivity index (χ2n) is 8.69. The quantitative estimate of drug-likeness (QED) is 0.535. The SMILES string of the molecule is CC1CCN(C2(C[N+](=O)[O-])CCC(N3CCn4c(nnc4C(F)(F)F)C3)CC2)C1=O. The van der Waals surface area contributed by atoms with Crippen molar-refractivity contribution in [2.24, 2.45) is 5.92 Å². The molecule has 1 amide bonds. The summed E-state index contributed by atoms with van der Waals surface area (Å²) in [6, 6.07) is 0.0970. The zero-order chi connectivity index (χ0) is 21.7. The number of hydrogen-bond donors (Lipinski definition) is 0. The average molecular weight is 430 g/mol. The molecular weight excluding hydrogens is 405 g/mol. The lowest BCUT2D eigenvalue weighted by Gasteiger charge is -2.46. The van der Waals surface area contributed by atoms with E-state index in [0.29, 0.717) is 51.0 Å². The number of halogens is 3. The molecule has 12 heteroatoms. The lowest BCUT2D eigenvalue weighted by Crippen LogP contribution is -2.58. The molecule has 4 rings (SSSR count). The number of nitrogens with zero attached hydrogens (tertiary/aromatic N) is 6. The van der Waals surface area contributed by atoms with Gasteiger partial charge in [-0.3, -0.25) is 19.8 Å². The van der Waals surface area contributed by atoms with E-state index >= 15 is 0 Å². The Morgan fingerprint density at radius 2 is 1.87 bits per heavy atom. The van der Waals surface area contributed by atoms with Crippen molar-refractivity contribution in [1.82, 2.24) is 24.6 Å². The lowest BCUT2D eigenvalue weighted by molar-refractivity contribution is -0.496. The van der Waals surface area contributed by atoms with Gasteiger partial charge in [-0.2, -0.15) is 13.2 Å². The van der Waals surface area contributed by atoms with Crippen LogP contribution in [0.3, 0.4) is 0 Å². The summed E-state index contributed by atoms with van der Waals surface area (Å²) >= 11 is 0. The molecule has 30 heavy (non-hydrogen) atoms. The lowest BCUT2D eigenvalue weighted by atomic mass is 9.77. The zero-order valence-electron chi connectivity index (χ0n) is 16.8. The number of rotatable bonds is 4. The fraction of sp³-hybridized carbons (Fsp3) is 0.833. The third-order valence-corrected chi connectivity index (χ3v) is 6.91. The Bertz CT molecular complexity index is 834. The summed E-state index contributed by atoms with van der Waals surface area (Å²) in [7, 11) is 0. The molecule has 2 aliphatic heterocycles. The molecule has 0 spiro atoms. The third-order valence-electron chi connectivity index (χ3n) is 6.91. The van der Waals surface area contributed by atoms with Gasteiger partial charge in [0.2, 0.25) is 18.3 Å². The van der Waals surface area contributed by atoms with Crippen molar-refractivity contribution in [3.63, 3.8) is 0 Å². The molecule has 0 radical (unpaired) electrons. The van der Waals surface area contributed by atoms with E-state index in [4.69, 9.17) is 0 Å². The van der Waals surface area contributed by atoms with Crippen molar-refractivity contribution in [3.8, 4) is 0 Å². The predicted molar refractivity (Wildman–Crippen MR) is 97.8 cm³/mol. The van der Waals surface area contributed by atoms with Crippen LogP contribution in [-0.4, -0.2) is 66.6 Å². The van der Waals surface area contributed by atoms with Crippen LogP contribution in [0, 0.1) is 16.0 Å². The summed E-state index contributed by atoms with van der Waals surface area (Å²) in [5, 5.41) is 18.4. The van der Waals surface area contributed by atoms with E-state index in [0.717, 1.165) is 4.57 Å². The van der Waals surface area contributed by atoms with Gasteiger partial charge in [0.05, 0.1) is 6.54 Å². The van der Waals surface area contributed by atoms with Gasteiger partial charge < -0.3 is 9.47 Å². The minimum atomic E-state index is -4.53. The van der Waals surface area contributed by atoms with Gasteiger partial charge in [0.25, 0.3) is 0 Å². The molecule has 0 bridgehead atoms. The van der Waals surface area contributed by atoms with Crippen LogP contribution in [0.15, 0.2) is 0 Å². The Kier molecular flexibility index (Phi) is 5.23. The van der Waals surface area contributed by atoms with Gasteiger partial charge >= 0.3 is 6.18 Å². The Labute approximate surface area is 171 Å². The largest absolute Gasteiger partial charge is 0.451 e. The highest BCUT2D eigenvalue weighted by atomic mass is 19.4. The summed E-state index contributed by atoms with van der Waals surface area (Å²) in [6.07, 6.45) is -1.45. The molecule has 166 valence electrons. The smallest absolute Gasteiger partial charge is 0.330 e. The molecule has 3 aliphatic rings. The van der Waals surface area contributed by atoms with Gasteiger partial charge in [0.15, 0.2) is 0 Å². The summed E-state index contributed by atoms with van der Waals surface area (Å²) in [5.41, 5.74) is -0.763. The fourth-order valence-electron chi connectivity index (χ4n) is 5.25. The van der Waals surface area contributed by atoms with Crippen molar-refractivity contribution >= 4 is 5.91 Å². The first kappa shape index (κ1) is 21.0. The van der Waals surface area contributed by atoms with Gasteiger partial charge in [0.1, 0.15) is 11.4 Å². The number of nitro groups is 1. The number of fused-ring (bicyclic) bond motifs is 1. The van der Waals surface area contributed by atoms with Crippen molar-refractivity contribution < 1.29 is 22.9 Å². The molecular formula is C18H25F3N6O3.